The Hall–Kier alpha value is -2.55. The highest BCUT2D eigenvalue weighted by Gasteiger charge is 2.21. The van der Waals surface area contributed by atoms with Gasteiger partial charge in [0.15, 0.2) is 0 Å². The molecule has 130 valence electrons. The highest BCUT2D eigenvalue weighted by atomic mass is 15.3. The zero-order valence-corrected chi connectivity index (χ0v) is 15.8. The van der Waals surface area contributed by atoms with Gasteiger partial charge in [-0.1, -0.05) is 58.0 Å². The molecule has 25 heavy (non-hydrogen) atoms. The summed E-state index contributed by atoms with van der Waals surface area (Å²) < 4.78 is 2.02. The number of anilines is 2. The fourth-order valence-electron chi connectivity index (χ4n) is 2.84. The smallest absolute Gasteiger partial charge is 0.134 e. The summed E-state index contributed by atoms with van der Waals surface area (Å²) >= 11 is 0. The molecule has 0 amide bonds. The molecule has 3 rings (SSSR count). The molecule has 0 aliphatic carbocycles. The number of nitrogens with zero attached hydrogens (tertiary/aromatic N) is 2. The summed E-state index contributed by atoms with van der Waals surface area (Å²) in [6, 6.07) is 19.1. The average molecular weight is 333 g/mol. The molecule has 0 fully saturated rings. The number of benzene rings is 2. The quantitative estimate of drug-likeness (QED) is 0.655. The topological polar surface area (TPSA) is 29.9 Å². The van der Waals surface area contributed by atoms with Gasteiger partial charge in [-0.25, -0.2) is 4.68 Å². The van der Waals surface area contributed by atoms with Crippen molar-refractivity contribution in [3.63, 3.8) is 0 Å². The van der Waals surface area contributed by atoms with Crippen molar-refractivity contribution < 1.29 is 0 Å². The summed E-state index contributed by atoms with van der Waals surface area (Å²) in [6.45, 7) is 10.9. The Morgan fingerprint density at radius 3 is 2.44 bits per heavy atom. The predicted octanol–water partition coefficient (Wildman–Crippen LogP) is 5.78. The Morgan fingerprint density at radius 1 is 1.00 bits per heavy atom. The number of aromatic nitrogens is 2. The number of hydrogen-bond donors (Lipinski definition) is 1. The largest absolute Gasteiger partial charge is 0.340 e. The molecule has 0 bridgehead atoms. The molecule has 0 aliphatic heterocycles. The van der Waals surface area contributed by atoms with E-state index in [2.05, 4.69) is 94.5 Å². The Kier molecular flexibility index (Phi) is 4.67. The molecule has 3 nitrogen and oxygen atoms in total. The fourth-order valence-corrected chi connectivity index (χ4v) is 2.84. The number of nitrogens with one attached hydrogen (secondary N) is 1. The number of hydrogen-bond acceptors (Lipinski definition) is 2. The molecule has 0 unspecified atom stereocenters. The van der Waals surface area contributed by atoms with E-state index in [1.807, 2.05) is 4.68 Å². The molecular weight excluding hydrogens is 306 g/mol. The first-order chi connectivity index (χ1) is 11.9. The van der Waals surface area contributed by atoms with Gasteiger partial charge in [-0.15, -0.1) is 0 Å². The van der Waals surface area contributed by atoms with Gasteiger partial charge in [0.2, 0.25) is 0 Å². The minimum atomic E-state index is -0.00433. The molecule has 0 atom stereocenters. The van der Waals surface area contributed by atoms with Crippen LogP contribution in [-0.4, -0.2) is 9.78 Å². The second kappa shape index (κ2) is 6.75. The van der Waals surface area contributed by atoms with Crippen molar-refractivity contribution in [2.24, 2.45) is 0 Å². The van der Waals surface area contributed by atoms with Crippen LogP contribution in [0.5, 0.6) is 0 Å². The molecular formula is C22H27N3. The van der Waals surface area contributed by atoms with Crippen molar-refractivity contribution in [3.8, 4) is 5.69 Å². The maximum Gasteiger partial charge on any atom is 0.134 e. The zero-order chi connectivity index (χ0) is 18.0. The summed E-state index contributed by atoms with van der Waals surface area (Å²) in [7, 11) is 0. The zero-order valence-electron chi connectivity index (χ0n) is 15.8. The van der Waals surface area contributed by atoms with Crippen molar-refractivity contribution in [3.05, 3.63) is 71.4 Å². The number of rotatable bonds is 4. The molecule has 3 aromatic rings. The third-order valence-corrected chi connectivity index (χ3v) is 4.43. The number of aryl methyl sites for hydroxylation is 2. The number of para-hydroxylation sites is 1. The van der Waals surface area contributed by atoms with Crippen LogP contribution in [0.15, 0.2) is 54.6 Å². The van der Waals surface area contributed by atoms with Gasteiger partial charge in [0, 0.05) is 17.2 Å². The molecule has 2 aromatic carbocycles. The van der Waals surface area contributed by atoms with Crippen LogP contribution in [0.3, 0.4) is 0 Å². The van der Waals surface area contributed by atoms with Crippen LogP contribution in [0.25, 0.3) is 5.69 Å². The molecule has 1 N–H and O–H groups in total. The first kappa shape index (κ1) is 17.3. The van der Waals surface area contributed by atoms with Gasteiger partial charge in [0.1, 0.15) is 5.82 Å². The molecule has 1 heterocycles. The van der Waals surface area contributed by atoms with E-state index in [0.29, 0.717) is 0 Å². The summed E-state index contributed by atoms with van der Waals surface area (Å²) in [5.41, 5.74) is 5.79. The molecule has 1 aromatic heterocycles. The minimum Gasteiger partial charge on any atom is -0.340 e. The first-order valence-electron chi connectivity index (χ1n) is 8.91. The molecule has 0 saturated heterocycles. The van der Waals surface area contributed by atoms with Gasteiger partial charge in [0.05, 0.1) is 11.4 Å². The molecule has 0 saturated carbocycles. The molecule has 0 radical (unpaired) electrons. The maximum atomic E-state index is 4.91. The highest BCUT2D eigenvalue weighted by Crippen LogP contribution is 2.29. The third kappa shape index (κ3) is 3.76. The van der Waals surface area contributed by atoms with Crippen molar-refractivity contribution in [1.82, 2.24) is 9.78 Å². The second-order valence-corrected chi connectivity index (χ2v) is 7.54. The van der Waals surface area contributed by atoms with Crippen molar-refractivity contribution in [2.75, 3.05) is 5.32 Å². The van der Waals surface area contributed by atoms with E-state index >= 15 is 0 Å². The van der Waals surface area contributed by atoms with E-state index in [-0.39, 0.29) is 5.41 Å². The fraction of sp³-hybridized carbons (Fsp3) is 0.318. The first-order valence-corrected chi connectivity index (χ1v) is 8.91. The molecule has 3 heteroatoms. The Bertz CT molecular complexity index is 869. The monoisotopic (exact) mass is 333 g/mol. The van der Waals surface area contributed by atoms with Gasteiger partial charge in [-0.3, -0.25) is 0 Å². The van der Waals surface area contributed by atoms with Crippen molar-refractivity contribution >= 4 is 11.5 Å². The maximum absolute atomic E-state index is 4.91. The van der Waals surface area contributed by atoms with Crippen LogP contribution in [0.4, 0.5) is 11.5 Å². The summed E-state index contributed by atoms with van der Waals surface area (Å²) in [5, 5.41) is 8.47. The van der Waals surface area contributed by atoms with Crippen molar-refractivity contribution in [1.29, 1.82) is 0 Å². The van der Waals surface area contributed by atoms with Crippen LogP contribution >= 0.6 is 0 Å². The predicted molar refractivity (Wildman–Crippen MR) is 106 cm³/mol. The van der Waals surface area contributed by atoms with Crippen LogP contribution in [0, 0.1) is 6.92 Å². The van der Waals surface area contributed by atoms with Crippen LogP contribution < -0.4 is 5.32 Å². The lowest BCUT2D eigenvalue weighted by Gasteiger charge is -2.14. The lowest BCUT2D eigenvalue weighted by molar-refractivity contribution is 0.560. The van der Waals surface area contributed by atoms with Crippen molar-refractivity contribution in [2.45, 2.75) is 46.5 Å². The van der Waals surface area contributed by atoms with E-state index in [1.54, 1.807) is 0 Å². The van der Waals surface area contributed by atoms with Gasteiger partial charge >= 0.3 is 0 Å². The van der Waals surface area contributed by atoms with Crippen LogP contribution in [0.1, 0.15) is 44.5 Å². The normalized spacial score (nSPS) is 11.6. The minimum absolute atomic E-state index is 0.00433. The Morgan fingerprint density at radius 2 is 1.76 bits per heavy atom. The van der Waals surface area contributed by atoms with Gasteiger partial charge in [-0.05, 0) is 42.7 Å². The lowest BCUT2D eigenvalue weighted by Crippen LogP contribution is -2.12. The Labute approximate surface area is 150 Å². The van der Waals surface area contributed by atoms with Crippen LogP contribution in [-0.2, 0) is 11.8 Å². The van der Waals surface area contributed by atoms with Gasteiger partial charge in [0.25, 0.3) is 0 Å². The summed E-state index contributed by atoms with van der Waals surface area (Å²) in [6.07, 6.45) is 1.03. The summed E-state index contributed by atoms with van der Waals surface area (Å²) in [4.78, 5) is 0. The molecule has 0 spiro atoms. The lowest BCUT2D eigenvalue weighted by atomic mass is 9.92. The van der Waals surface area contributed by atoms with E-state index < -0.39 is 0 Å². The molecule has 0 aliphatic rings. The third-order valence-electron chi connectivity index (χ3n) is 4.43. The van der Waals surface area contributed by atoms with Crippen LogP contribution in [0.2, 0.25) is 0 Å². The van der Waals surface area contributed by atoms with Gasteiger partial charge < -0.3 is 5.32 Å². The second-order valence-electron chi connectivity index (χ2n) is 7.54. The highest BCUT2D eigenvalue weighted by molar-refractivity contribution is 5.61. The Balaban J connectivity index is 2.08. The van der Waals surface area contributed by atoms with E-state index in [9.17, 15) is 0 Å². The SMILES string of the molecule is CCc1cccc(Nc2cc(C(C)(C)C)nn2-c2ccccc2C)c1. The van der Waals surface area contributed by atoms with Gasteiger partial charge in [-0.2, -0.15) is 5.10 Å². The van der Waals surface area contributed by atoms with E-state index in [0.717, 1.165) is 29.3 Å². The van der Waals surface area contributed by atoms with E-state index in [1.165, 1.54) is 11.1 Å². The summed E-state index contributed by atoms with van der Waals surface area (Å²) in [5.74, 6) is 0.993. The average Bonchev–Trinajstić information content (AvgIpc) is 2.99. The standard InChI is InChI=1S/C22H27N3/c1-6-17-11-9-12-18(14-17)23-21-15-20(22(3,4)5)24-25(21)19-13-8-7-10-16(19)2/h7-15,23H,6H2,1-5H3. The van der Waals surface area contributed by atoms with E-state index in [4.69, 9.17) is 5.10 Å².